The number of nitrogens with zero attached hydrogens (tertiary/aromatic N) is 3. The highest BCUT2D eigenvalue weighted by Gasteiger charge is 2.55. The van der Waals surface area contributed by atoms with Crippen LogP contribution in [0.1, 0.15) is 31.7 Å². The molecule has 168 valence electrons. The van der Waals surface area contributed by atoms with Crippen LogP contribution in [0, 0.1) is 16.0 Å². The number of methoxy groups -OCH3 is 1. The Kier molecular flexibility index (Phi) is 5.64. The molecule has 3 aliphatic rings. The summed E-state index contributed by atoms with van der Waals surface area (Å²) < 4.78 is 10.1. The molecule has 0 radical (unpaired) electrons. The molecule has 32 heavy (non-hydrogen) atoms. The third-order valence-electron chi connectivity index (χ3n) is 5.92. The molecule has 1 amide bonds. The predicted octanol–water partition coefficient (Wildman–Crippen LogP) is 1.85. The van der Waals surface area contributed by atoms with Crippen LogP contribution in [0.4, 0.5) is 5.69 Å². The molecule has 0 aliphatic carbocycles. The van der Waals surface area contributed by atoms with Crippen molar-refractivity contribution in [3.05, 3.63) is 51.2 Å². The van der Waals surface area contributed by atoms with Crippen molar-refractivity contribution in [2.75, 3.05) is 7.11 Å². The van der Waals surface area contributed by atoms with Gasteiger partial charge in [-0.05, 0) is 30.5 Å². The van der Waals surface area contributed by atoms with Crippen molar-refractivity contribution in [2.45, 2.75) is 44.9 Å². The number of esters is 2. The fourth-order valence-corrected chi connectivity index (χ4v) is 4.23. The van der Waals surface area contributed by atoms with Crippen molar-refractivity contribution in [1.82, 2.24) is 4.90 Å². The van der Waals surface area contributed by atoms with Gasteiger partial charge in [-0.15, -0.1) is 0 Å². The molecule has 11 nitrogen and oxygen atoms in total. The van der Waals surface area contributed by atoms with Gasteiger partial charge in [0.2, 0.25) is 12.0 Å². The molecule has 0 saturated carbocycles. The van der Waals surface area contributed by atoms with E-state index in [2.05, 4.69) is 9.89 Å². The highest BCUT2D eigenvalue weighted by atomic mass is 16.7. The van der Waals surface area contributed by atoms with E-state index in [0.717, 1.165) is 0 Å². The molecular weight excluding hydrogens is 422 g/mol. The van der Waals surface area contributed by atoms with Gasteiger partial charge in [-0.25, -0.2) is 9.59 Å². The smallest absolute Gasteiger partial charge is 0.355 e. The van der Waals surface area contributed by atoms with E-state index in [9.17, 15) is 24.5 Å². The SMILES string of the molecule is CCC1C(=O)N2C(C(=O)OCc3ccc([N+](=O)[O-])cc3)=C(C3=NOC(C(=O)OC)C3)CC12. The Morgan fingerprint density at radius 2 is 2.00 bits per heavy atom. The number of β-lactam (4-membered cyclic amide) rings is 1. The quantitative estimate of drug-likeness (QED) is 0.269. The zero-order chi connectivity index (χ0) is 23.0. The van der Waals surface area contributed by atoms with Crippen molar-refractivity contribution in [3.8, 4) is 0 Å². The van der Waals surface area contributed by atoms with Gasteiger partial charge in [-0.1, -0.05) is 12.1 Å². The number of nitro groups is 1. The summed E-state index contributed by atoms with van der Waals surface area (Å²) in [4.78, 5) is 54.2. The number of non-ortho nitro benzene ring substituents is 1. The number of hydrogen-bond donors (Lipinski definition) is 0. The van der Waals surface area contributed by atoms with Crippen LogP contribution in [-0.2, 0) is 35.3 Å². The number of carbonyl (C=O) groups is 3. The van der Waals surface area contributed by atoms with Crippen molar-refractivity contribution in [2.24, 2.45) is 11.1 Å². The monoisotopic (exact) mass is 443 g/mol. The molecule has 4 rings (SSSR count). The van der Waals surface area contributed by atoms with Gasteiger partial charge < -0.3 is 19.2 Å². The van der Waals surface area contributed by atoms with Crippen LogP contribution in [-0.4, -0.2) is 52.6 Å². The molecule has 3 heterocycles. The van der Waals surface area contributed by atoms with E-state index < -0.39 is 23.0 Å². The Balaban J connectivity index is 1.54. The van der Waals surface area contributed by atoms with E-state index in [1.54, 1.807) is 0 Å². The van der Waals surface area contributed by atoms with Crippen LogP contribution >= 0.6 is 0 Å². The topological polar surface area (TPSA) is 138 Å². The molecule has 0 N–H and O–H groups in total. The number of nitro benzene ring substituents is 1. The van der Waals surface area contributed by atoms with Gasteiger partial charge in [-0.2, -0.15) is 0 Å². The van der Waals surface area contributed by atoms with E-state index in [-0.39, 0.29) is 42.3 Å². The summed E-state index contributed by atoms with van der Waals surface area (Å²) in [5.41, 5.74) is 1.55. The van der Waals surface area contributed by atoms with E-state index in [4.69, 9.17) is 9.57 Å². The Labute approximate surface area is 182 Å². The largest absolute Gasteiger partial charge is 0.466 e. The van der Waals surface area contributed by atoms with E-state index in [1.807, 2.05) is 6.92 Å². The highest BCUT2D eigenvalue weighted by molar-refractivity contribution is 6.12. The van der Waals surface area contributed by atoms with Gasteiger partial charge in [0.1, 0.15) is 12.3 Å². The van der Waals surface area contributed by atoms with Crippen molar-refractivity contribution in [3.63, 3.8) is 0 Å². The summed E-state index contributed by atoms with van der Waals surface area (Å²) in [5.74, 6) is -1.62. The molecule has 0 aromatic heterocycles. The van der Waals surface area contributed by atoms with Crippen LogP contribution in [0.3, 0.4) is 0 Å². The zero-order valence-corrected chi connectivity index (χ0v) is 17.5. The van der Waals surface area contributed by atoms with Crippen molar-refractivity contribution < 1.29 is 33.6 Å². The molecular formula is C21H21N3O8. The zero-order valence-electron chi connectivity index (χ0n) is 17.5. The molecule has 11 heteroatoms. The molecule has 1 saturated heterocycles. The first-order valence-corrected chi connectivity index (χ1v) is 10.1. The number of rotatable bonds is 7. The third-order valence-corrected chi connectivity index (χ3v) is 5.92. The Morgan fingerprint density at radius 1 is 1.28 bits per heavy atom. The van der Waals surface area contributed by atoms with Crippen molar-refractivity contribution in [1.29, 1.82) is 0 Å². The molecule has 1 aromatic rings. The summed E-state index contributed by atoms with van der Waals surface area (Å²) in [6, 6.07) is 5.47. The van der Waals surface area contributed by atoms with Gasteiger partial charge in [0.05, 0.1) is 29.7 Å². The van der Waals surface area contributed by atoms with Crippen LogP contribution in [0.25, 0.3) is 0 Å². The number of fused-ring (bicyclic) bond motifs is 1. The number of amides is 1. The van der Waals surface area contributed by atoms with Crippen LogP contribution in [0.15, 0.2) is 40.7 Å². The minimum absolute atomic E-state index is 0.0695. The van der Waals surface area contributed by atoms with Crippen LogP contribution in [0.2, 0.25) is 0 Å². The predicted molar refractivity (Wildman–Crippen MR) is 108 cm³/mol. The lowest BCUT2D eigenvalue weighted by molar-refractivity contribution is -0.384. The summed E-state index contributed by atoms with van der Waals surface area (Å²) in [7, 11) is 1.25. The summed E-state index contributed by atoms with van der Waals surface area (Å²) in [5, 5.41) is 14.7. The average Bonchev–Trinajstić information content (AvgIpc) is 3.41. The number of hydrogen-bond acceptors (Lipinski definition) is 9. The van der Waals surface area contributed by atoms with Gasteiger partial charge >= 0.3 is 11.9 Å². The Bertz CT molecular complexity index is 1050. The number of benzene rings is 1. The summed E-state index contributed by atoms with van der Waals surface area (Å²) in [6.45, 7) is 1.79. The lowest BCUT2D eigenvalue weighted by Crippen LogP contribution is -2.58. The maximum atomic E-state index is 13.0. The first-order chi connectivity index (χ1) is 15.3. The average molecular weight is 443 g/mol. The molecule has 1 aromatic carbocycles. The molecule has 1 fully saturated rings. The maximum absolute atomic E-state index is 13.0. The van der Waals surface area contributed by atoms with Gasteiger partial charge in [0.15, 0.2) is 0 Å². The van der Waals surface area contributed by atoms with Crippen molar-refractivity contribution >= 4 is 29.2 Å². The second kappa shape index (κ2) is 8.40. The van der Waals surface area contributed by atoms with Crippen LogP contribution in [0.5, 0.6) is 0 Å². The fourth-order valence-electron chi connectivity index (χ4n) is 4.23. The van der Waals surface area contributed by atoms with Crippen LogP contribution < -0.4 is 0 Å². The lowest BCUT2D eigenvalue weighted by atomic mass is 9.84. The summed E-state index contributed by atoms with van der Waals surface area (Å²) in [6.07, 6.45) is 0.298. The second-order valence-electron chi connectivity index (χ2n) is 7.68. The third kappa shape index (κ3) is 3.59. The lowest BCUT2D eigenvalue weighted by Gasteiger charge is -2.43. The molecule has 3 aliphatic heterocycles. The maximum Gasteiger partial charge on any atom is 0.355 e. The first-order valence-electron chi connectivity index (χ1n) is 10.1. The standard InChI is InChI=1S/C21H21N3O8/c1-3-13-16-8-14(15-9-17(32-22-15)20(26)30-2)18(23(16)19(13)25)21(27)31-10-11-4-6-12(7-5-11)24(28)29/h4-7,13,16-17H,3,8-10H2,1-2H3. The Morgan fingerprint density at radius 3 is 2.62 bits per heavy atom. The molecule has 0 bridgehead atoms. The second-order valence-corrected chi connectivity index (χ2v) is 7.68. The number of oxime groups is 1. The van der Waals surface area contributed by atoms with E-state index >= 15 is 0 Å². The normalized spacial score (nSPS) is 23.8. The highest BCUT2D eigenvalue weighted by Crippen LogP contribution is 2.45. The van der Waals surface area contributed by atoms with E-state index in [0.29, 0.717) is 29.7 Å². The first kappa shape index (κ1) is 21.5. The minimum atomic E-state index is -0.897. The summed E-state index contributed by atoms with van der Waals surface area (Å²) >= 11 is 0. The van der Waals surface area contributed by atoms with Gasteiger partial charge in [-0.3, -0.25) is 14.9 Å². The number of carbonyl (C=O) groups excluding carboxylic acids is 3. The molecule has 3 unspecified atom stereocenters. The van der Waals surface area contributed by atoms with Gasteiger partial charge in [0.25, 0.3) is 5.69 Å². The molecule has 3 atom stereocenters. The minimum Gasteiger partial charge on any atom is -0.466 e. The molecule has 0 spiro atoms. The Hall–Kier alpha value is -3.76. The van der Waals surface area contributed by atoms with E-state index in [1.165, 1.54) is 36.3 Å². The van der Waals surface area contributed by atoms with Gasteiger partial charge in [0, 0.05) is 24.1 Å². The fraction of sp³-hybridized carbons (Fsp3) is 0.429. The number of ether oxygens (including phenoxy) is 2.